The number of anilines is 1. The predicted molar refractivity (Wildman–Crippen MR) is 118 cm³/mol. The van der Waals surface area contributed by atoms with Gasteiger partial charge in [0.1, 0.15) is 0 Å². The highest BCUT2D eigenvalue weighted by Gasteiger charge is 2.23. The van der Waals surface area contributed by atoms with Gasteiger partial charge in [-0.25, -0.2) is 8.42 Å². The average molecular weight is 415 g/mol. The van der Waals surface area contributed by atoms with E-state index in [-0.39, 0.29) is 11.7 Å². The number of sulfonamides is 1. The summed E-state index contributed by atoms with van der Waals surface area (Å²) in [6, 6.07) is 15.5. The Bertz CT molecular complexity index is 931. The number of likely N-dealkylation sites (tertiary alicyclic amines) is 1. The summed E-state index contributed by atoms with van der Waals surface area (Å²) < 4.78 is 26.0. The molecule has 0 spiro atoms. The number of benzene rings is 2. The molecule has 0 aromatic heterocycles. The molecule has 6 heteroatoms. The second kappa shape index (κ2) is 9.44. The fourth-order valence-corrected chi connectivity index (χ4v) is 4.33. The van der Waals surface area contributed by atoms with Gasteiger partial charge in [0.05, 0.1) is 5.75 Å². The van der Waals surface area contributed by atoms with Gasteiger partial charge in [-0.1, -0.05) is 35.9 Å². The van der Waals surface area contributed by atoms with E-state index < -0.39 is 10.0 Å². The van der Waals surface area contributed by atoms with Crippen molar-refractivity contribution in [2.24, 2.45) is 5.92 Å². The van der Waals surface area contributed by atoms with Crippen LogP contribution in [0.5, 0.6) is 0 Å². The van der Waals surface area contributed by atoms with Crippen LogP contribution in [0.3, 0.4) is 0 Å². The van der Waals surface area contributed by atoms with Gasteiger partial charge >= 0.3 is 0 Å². The van der Waals surface area contributed by atoms with Crippen molar-refractivity contribution in [3.8, 4) is 0 Å². The topological polar surface area (TPSA) is 66.5 Å². The highest BCUT2D eigenvalue weighted by Crippen LogP contribution is 2.24. The van der Waals surface area contributed by atoms with E-state index >= 15 is 0 Å². The van der Waals surface area contributed by atoms with Gasteiger partial charge in [-0.2, -0.15) is 0 Å². The molecular formula is C23H30N2O3S. The zero-order valence-corrected chi connectivity index (χ0v) is 18.0. The number of aryl methyl sites for hydroxylation is 2. The van der Waals surface area contributed by atoms with Crippen LogP contribution >= 0.6 is 0 Å². The van der Waals surface area contributed by atoms with E-state index in [1.807, 2.05) is 4.90 Å². The predicted octanol–water partition coefficient (Wildman–Crippen LogP) is 4.24. The lowest BCUT2D eigenvalue weighted by atomic mass is 9.90. The van der Waals surface area contributed by atoms with Crippen molar-refractivity contribution >= 4 is 21.6 Å². The van der Waals surface area contributed by atoms with E-state index in [1.165, 1.54) is 11.1 Å². The number of nitrogens with zero attached hydrogens (tertiary/aromatic N) is 1. The molecule has 0 radical (unpaired) electrons. The van der Waals surface area contributed by atoms with E-state index in [4.69, 9.17) is 0 Å². The third-order valence-corrected chi connectivity index (χ3v) is 6.93. The summed E-state index contributed by atoms with van der Waals surface area (Å²) in [5.74, 6) is 0.615. The van der Waals surface area contributed by atoms with E-state index in [1.54, 1.807) is 31.2 Å². The zero-order valence-electron chi connectivity index (χ0n) is 17.2. The summed E-state index contributed by atoms with van der Waals surface area (Å²) in [7, 11) is -3.35. The fraction of sp³-hybridized carbons (Fsp3) is 0.435. The number of carbonyl (C=O) groups is 1. The molecule has 2 aromatic carbocycles. The Balaban J connectivity index is 1.52. The van der Waals surface area contributed by atoms with Gasteiger partial charge in [0.25, 0.3) is 5.91 Å². The van der Waals surface area contributed by atoms with Gasteiger partial charge in [0.15, 0.2) is 0 Å². The summed E-state index contributed by atoms with van der Waals surface area (Å²) in [6.07, 6.45) is 4.26. The summed E-state index contributed by atoms with van der Waals surface area (Å²) >= 11 is 0. The smallest absolute Gasteiger partial charge is 0.253 e. The second-order valence-corrected chi connectivity index (χ2v) is 9.86. The molecule has 0 atom stereocenters. The van der Waals surface area contributed by atoms with Gasteiger partial charge in [-0.3, -0.25) is 9.52 Å². The number of rotatable bonds is 7. The lowest BCUT2D eigenvalue weighted by Gasteiger charge is -2.32. The monoisotopic (exact) mass is 414 g/mol. The van der Waals surface area contributed by atoms with Crippen molar-refractivity contribution in [2.45, 2.75) is 39.5 Å². The molecule has 0 aliphatic carbocycles. The minimum Gasteiger partial charge on any atom is -0.339 e. The third kappa shape index (κ3) is 6.07. The summed E-state index contributed by atoms with van der Waals surface area (Å²) in [4.78, 5) is 14.7. The first kappa shape index (κ1) is 21.4. The van der Waals surface area contributed by atoms with Crippen LogP contribution in [-0.4, -0.2) is 38.1 Å². The van der Waals surface area contributed by atoms with Crippen LogP contribution in [0.4, 0.5) is 5.69 Å². The van der Waals surface area contributed by atoms with E-state index in [0.29, 0.717) is 17.2 Å². The first-order chi connectivity index (χ1) is 13.9. The van der Waals surface area contributed by atoms with Crippen molar-refractivity contribution in [3.63, 3.8) is 0 Å². The zero-order chi connectivity index (χ0) is 20.9. The minimum atomic E-state index is -3.35. The molecular weight excluding hydrogens is 384 g/mol. The fourth-order valence-electron chi connectivity index (χ4n) is 3.70. The van der Waals surface area contributed by atoms with Crippen molar-refractivity contribution < 1.29 is 13.2 Å². The summed E-state index contributed by atoms with van der Waals surface area (Å²) in [5.41, 5.74) is 3.62. The molecule has 2 aromatic rings. The Hall–Kier alpha value is -2.34. The number of hydrogen-bond acceptors (Lipinski definition) is 3. The maximum Gasteiger partial charge on any atom is 0.253 e. The van der Waals surface area contributed by atoms with Crippen molar-refractivity contribution in [2.75, 3.05) is 23.6 Å². The summed E-state index contributed by atoms with van der Waals surface area (Å²) in [5, 5.41) is 0. The normalized spacial score (nSPS) is 15.3. The van der Waals surface area contributed by atoms with Crippen LogP contribution in [0.1, 0.15) is 47.7 Å². The van der Waals surface area contributed by atoms with E-state index in [9.17, 15) is 13.2 Å². The molecule has 0 bridgehead atoms. The van der Waals surface area contributed by atoms with Crippen molar-refractivity contribution in [1.82, 2.24) is 4.90 Å². The average Bonchev–Trinajstić information content (AvgIpc) is 2.73. The van der Waals surface area contributed by atoms with Crippen LogP contribution < -0.4 is 4.72 Å². The molecule has 1 fully saturated rings. The quantitative estimate of drug-likeness (QED) is 0.737. The van der Waals surface area contributed by atoms with Gasteiger partial charge in [0, 0.05) is 24.3 Å². The maximum atomic E-state index is 12.9. The van der Waals surface area contributed by atoms with Crippen LogP contribution in [0, 0.1) is 12.8 Å². The Labute approximate surface area is 174 Å². The maximum absolute atomic E-state index is 12.9. The molecule has 1 aliphatic rings. The van der Waals surface area contributed by atoms with Crippen LogP contribution in [-0.2, 0) is 16.4 Å². The van der Waals surface area contributed by atoms with Gasteiger partial charge < -0.3 is 4.90 Å². The Morgan fingerprint density at radius 3 is 2.45 bits per heavy atom. The largest absolute Gasteiger partial charge is 0.339 e. The van der Waals surface area contributed by atoms with Gasteiger partial charge in [-0.15, -0.1) is 0 Å². The lowest BCUT2D eigenvalue weighted by Crippen LogP contribution is -2.38. The van der Waals surface area contributed by atoms with Crippen LogP contribution in [0.25, 0.3) is 0 Å². The van der Waals surface area contributed by atoms with Gasteiger partial charge in [0.2, 0.25) is 10.0 Å². The molecule has 0 unspecified atom stereocenters. The first-order valence-electron chi connectivity index (χ1n) is 10.3. The number of piperidine rings is 1. The molecule has 1 heterocycles. The molecule has 3 rings (SSSR count). The van der Waals surface area contributed by atoms with Crippen LogP contribution in [0.15, 0.2) is 48.5 Å². The van der Waals surface area contributed by atoms with Crippen molar-refractivity contribution in [1.29, 1.82) is 0 Å². The van der Waals surface area contributed by atoms with Crippen LogP contribution in [0.2, 0.25) is 0 Å². The Morgan fingerprint density at radius 1 is 1.10 bits per heavy atom. The molecule has 5 nitrogen and oxygen atoms in total. The number of carbonyl (C=O) groups excluding carboxylic acids is 1. The third-order valence-electron chi connectivity index (χ3n) is 5.63. The van der Waals surface area contributed by atoms with Gasteiger partial charge in [-0.05, 0) is 69.2 Å². The summed E-state index contributed by atoms with van der Waals surface area (Å²) in [6.45, 7) is 5.19. The highest BCUT2D eigenvalue weighted by molar-refractivity contribution is 7.92. The highest BCUT2D eigenvalue weighted by atomic mass is 32.2. The standard InChI is InChI=1S/C23H30N2O3S/c1-3-29(27,28)24-22-6-4-5-21(17-22)23(26)25-15-13-20(14-16-25)12-11-19-9-7-18(2)8-10-19/h4-10,17,20,24H,3,11-16H2,1-2H3. The molecule has 156 valence electrons. The first-order valence-corrected chi connectivity index (χ1v) is 12.0. The molecule has 29 heavy (non-hydrogen) atoms. The molecule has 1 N–H and O–H groups in total. The van der Waals surface area contributed by atoms with Crippen molar-refractivity contribution in [3.05, 3.63) is 65.2 Å². The molecule has 1 aliphatic heterocycles. The lowest BCUT2D eigenvalue weighted by molar-refractivity contribution is 0.0687. The Morgan fingerprint density at radius 2 is 1.79 bits per heavy atom. The molecule has 1 amide bonds. The number of hydrogen-bond donors (Lipinski definition) is 1. The SMILES string of the molecule is CCS(=O)(=O)Nc1cccc(C(=O)N2CCC(CCc3ccc(C)cc3)CC2)c1. The van der Waals surface area contributed by atoms with E-state index in [0.717, 1.165) is 38.8 Å². The minimum absolute atomic E-state index is 0.00127. The molecule has 1 saturated heterocycles. The Kier molecular flexibility index (Phi) is 6.96. The number of amides is 1. The second-order valence-electron chi connectivity index (χ2n) is 7.85. The molecule has 0 saturated carbocycles. The number of nitrogens with one attached hydrogen (secondary N) is 1. The van der Waals surface area contributed by atoms with E-state index in [2.05, 4.69) is 35.9 Å².